The normalized spacial score (nSPS) is 15.2. The fraction of sp³-hybridized carbons (Fsp3) is 0.484. The highest BCUT2D eigenvalue weighted by molar-refractivity contribution is 7.99. The van der Waals surface area contributed by atoms with E-state index in [1.54, 1.807) is 31.4 Å². The van der Waals surface area contributed by atoms with Gasteiger partial charge in [-0.25, -0.2) is 13.9 Å². The van der Waals surface area contributed by atoms with Crippen LogP contribution in [0.1, 0.15) is 24.1 Å². The quantitative estimate of drug-likeness (QED) is 0.100. The summed E-state index contributed by atoms with van der Waals surface area (Å²) >= 11 is 1.94. The summed E-state index contributed by atoms with van der Waals surface area (Å²) in [5.74, 6) is 2.70. The number of ether oxygens (including phenoxy) is 2. The Bertz CT molecular complexity index is 1500. The van der Waals surface area contributed by atoms with Gasteiger partial charge in [0.2, 0.25) is 22.3 Å². The first-order valence-corrected chi connectivity index (χ1v) is 17.7. The van der Waals surface area contributed by atoms with Gasteiger partial charge >= 0.3 is 0 Å². The molecule has 1 saturated heterocycles. The van der Waals surface area contributed by atoms with Gasteiger partial charge in [0.1, 0.15) is 12.3 Å². The molecule has 254 valence electrons. The van der Waals surface area contributed by atoms with Crippen molar-refractivity contribution in [1.29, 1.82) is 0 Å². The Morgan fingerprint density at radius 2 is 1.76 bits per heavy atom. The number of thioether (sulfide) groups is 1. The fourth-order valence-electron chi connectivity index (χ4n) is 5.57. The molecule has 3 aromatic rings. The molecular weight excluding hydrogens is 654 g/mol. The lowest BCUT2D eigenvalue weighted by atomic mass is 10.0. The number of carbonyl (C=O) groups excluding carboxylic acids is 2. The van der Waals surface area contributed by atoms with Crippen LogP contribution in [-0.4, -0.2) is 104 Å². The average Bonchev–Trinajstić information content (AvgIpc) is 3.39. The number of hydrogen-bond donors (Lipinski definition) is 3. The number of hydrogen-bond acceptors (Lipinski definition) is 9. The third-order valence-electron chi connectivity index (χ3n) is 7.84. The van der Waals surface area contributed by atoms with Gasteiger partial charge in [-0.05, 0) is 73.2 Å². The van der Waals surface area contributed by atoms with Gasteiger partial charge in [0.05, 0.1) is 31.8 Å². The van der Waals surface area contributed by atoms with E-state index >= 15 is 0 Å². The van der Waals surface area contributed by atoms with Crippen molar-refractivity contribution in [2.75, 3.05) is 64.6 Å². The van der Waals surface area contributed by atoms with Crippen molar-refractivity contribution in [3.63, 3.8) is 0 Å². The summed E-state index contributed by atoms with van der Waals surface area (Å²) in [6.45, 7) is 6.30. The van der Waals surface area contributed by atoms with E-state index in [1.165, 1.54) is 16.2 Å². The Balaban J connectivity index is 0.00000109. The molecule has 5 rings (SSSR count). The summed E-state index contributed by atoms with van der Waals surface area (Å²) < 4.78 is 41.1. The van der Waals surface area contributed by atoms with Crippen LogP contribution in [0.4, 0.5) is 0 Å². The van der Waals surface area contributed by atoms with Crippen LogP contribution in [0.15, 0.2) is 53.4 Å². The number of methoxy groups -OCH3 is 1. The number of benzene rings is 2. The predicted molar refractivity (Wildman–Crippen MR) is 181 cm³/mol. The lowest BCUT2D eigenvalue weighted by Crippen LogP contribution is -2.37. The van der Waals surface area contributed by atoms with E-state index in [2.05, 4.69) is 16.3 Å². The number of aromatic nitrogens is 1. The molecule has 2 aliphatic rings. The number of halogens is 1. The Morgan fingerprint density at radius 3 is 2.46 bits per heavy atom. The zero-order valence-corrected chi connectivity index (χ0v) is 28.5. The number of carbonyl (C=O) groups is 2. The maximum atomic E-state index is 13.5. The first-order valence-electron chi connectivity index (χ1n) is 15.1. The number of fused-ring (bicyclic) bond motifs is 3. The summed E-state index contributed by atoms with van der Waals surface area (Å²) in [7, 11) is -2.14. The molecule has 1 fully saturated rings. The number of amides is 2. The molecule has 0 unspecified atom stereocenters. The largest absolute Gasteiger partial charge is 0.497 e. The van der Waals surface area contributed by atoms with Gasteiger partial charge in [-0.2, -0.15) is 16.1 Å². The van der Waals surface area contributed by atoms with Gasteiger partial charge in [-0.15, -0.1) is 12.4 Å². The lowest BCUT2D eigenvalue weighted by molar-refractivity contribution is -0.121. The van der Waals surface area contributed by atoms with Crippen LogP contribution in [0.25, 0.3) is 10.9 Å². The minimum absolute atomic E-state index is 0. The smallest absolute Gasteiger partial charge is 0.243 e. The lowest BCUT2D eigenvalue weighted by Gasteiger charge is -2.28. The maximum Gasteiger partial charge on any atom is 0.243 e. The fourth-order valence-corrected chi connectivity index (χ4v) is 7.86. The number of rotatable bonds is 14. The molecule has 0 atom stereocenters. The topological polar surface area (TPSA) is 142 Å². The molecule has 2 aliphatic heterocycles. The Labute approximate surface area is 281 Å². The predicted octanol–water partition coefficient (Wildman–Crippen LogP) is 2.90. The monoisotopic (exact) mass is 697 g/mol. The molecule has 15 heteroatoms. The van der Waals surface area contributed by atoms with E-state index in [0.29, 0.717) is 25.3 Å². The first kappa shape index (κ1) is 37.6. The van der Waals surface area contributed by atoms with Crippen LogP contribution in [0.5, 0.6) is 5.75 Å². The summed E-state index contributed by atoms with van der Waals surface area (Å²) in [5.41, 5.74) is 4.23. The summed E-state index contributed by atoms with van der Waals surface area (Å²) in [4.78, 5) is 24.5. The number of sulfonamides is 1. The highest BCUT2D eigenvalue weighted by Crippen LogP contribution is 2.33. The first-order chi connectivity index (χ1) is 21.9. The average molecular weight is 698 g/mol. The van der Waals surface area contributed by atoms with Crippen molar-refractivity contribution < 1.29 is 32.7 Å². The number of morpholine rings is 1. The Kier molecular flexibility index (Phi) is 15.6. The van der Waals surface area contributed by atoms with E-state index in [9.17, 15) is 13.2 Å². The Morgan fingerprint density at radius 1 is 1.07 bits per heavy atom. The molecule has 2 amide bonds. The van der Waals surface area contributed by atoms with Crippen LogP contribution in [-0.2, 0) is 43.9 Å². The van der Waals surface area contributed by atoms with E-state index in [1.807, 2.05) is 34.5 Å². The summed E-state index contributed by atoms with van der Waals surface area (Å²) in [5, 5.41) is 11.4. The molecule has 12 nitrogen and oxygen atoms in total. The minimum atomic E-state index is -3.69. The molecule has 1 aromatic heterocycles. The molecule has 0 radical (unpaired) electrons. The summed E-state index contributed by atoms with van der Waals surface area (Å²) in [6, 6.07) is 14.5. The minimum Gasteiger partial charge on any atom is -0.497 e. The molecule has 3 N–H and O–H groups in total. The SMILES string of the molecule is COc1ccc(S(=O)(=O)N2CCc3c(n(CC(=O)NCCCSCCCN4CCOCC4)c4ccccc34)C2)cc1.Cl.O=CNO. The molecule has 3 heterocycles. The van der Waals surface area contributed by atoms with Crippen molar-refractivity contribution in [1.82, 2.24) is 24.6 Å². The standard InChI is InChI=1S/C30H40N4O5S2.CH3NO2.ClH/c1-38-24-8-10-25(11-9-24)41(36,37)33-15-12-27-26-6-2-3-7-28(26)34(29(27)22-33)23-30(35)31-13-4-20-40-21-5-14-32-16-18-39-19-17-32;3-1-2-4;/h2-3,6-11H,4-5,12-23H2,1H3,(H,31,35);1,4H,(H,2,3);1H. The summed E-state index contributed by atoms with van der Waals surface area (Å²) in [6.07, 6.45) is 2.88. The van der Waals surface area contributed by atoms with E-state index < -0.39 is 10.0 Å². The molecule has 0 saturated carbocycles. The second-order valence-corrected chi connectivity index (χ2v) is 13.8. The molecule has 2 aromatic carbocycles. The van der Waals surface area contributed by atoms with Gasteiger partial charge < -0.3 is 19.4 Å². The molecule has 0 spiro atoms. The van der Waals surface area contributed by atoms with Gasteiger partial charge in [0.15, 0.2) is 0 Å². The Hall–Kier alpha value is -2.85. The number of nitrogens with one attached hydrogen (secondary N) is 2. The highest BCUT2D eigenvalue weighted by Gasteiger charge is 2.32. The van der Waals surface area contributed by atoms with Crippen molar-refractivity contribution in [3.05, 3.63) is 59.8 Å². The van der Waals surface area contributed by atoms with Gasteiger partial charge in [-0.3, -0.25) is 19.7 Å². The van der Waals surface area contributed by atoms with Crippen molar-refractivity contribution in [3.8, 4) is 5.75 Å². The highest BCUT2D eigenvalue weighted by atomic mass is 35.5. The van der Waals surface area contributed by atoms with E-state index in [-0.39, 0.29) is 42.7 Å². The van der Waals surface area contributed by atoms with E-state index in [4.69, 9.17) is 19.5 Å². The van der Waals surface area contributed by atoms with Crippen LogP contribution in [0.3, 0.4) is 0 Å². The zero-order chi connectivity index (χ0) is 32.1. The van der Waals surface area contributed by atoms with Crippen LogP contribution < -0.4 is 15.5 Å². The van der Waals surface area contributed by atoms with E-state index in [0.717, 1.165) is 72.9 Å². The van der Waals surface area contributed by atoms with Crippen LogP contribution >= 0.6 is 24.2 Å². The van der Waals surface area contributed by atoms with Crippen molar-refractivity contribution >= 4 is 57.4 Å². The van der Waals surface area contributed by atoms with Crippen molar-refractivity contribution in [2.45, 2.75) is 37.2 Å². The maximum absolute atomic E-state index is 13.5. The third kappa shape index (κ3) is 10.1. The molecular formula is C31H44ClN5O7S2. The zero-order valence-electron chi connectivity index (χ0n) is 26.1. The second kappa shape index (κ2) is 19.1. The van der Waals surface area contributed by atoms with Gasteiger partial charge in [0, 0.05) is 42.8 Å². The number of para-hydroxylation sites is 1. The van der Waals surface area contributed by atoms with Gasteiger partial charge in [0.25, 0.3) is 0 Å². The number of hydroxylamine groups is 1. The molecule has 0 aliphatic carbocycles. The van der Waals surface area contributed by atoms with Gasteiger partial charge in [-0.1, -0.05) is 18.2 Å². The van der Waals surface area contributed by atoms with Crippen LogP contribution in [0.2, 0.25) is 0 Å². The third-order valence-corrected chi connectivity index (χ3v) is 10.9. The second-order valence-electron chi connectivity index (χ2n) is 10.7. The molecule has 0 bridgehead atoms. The molecule has 46 heavy (non-hydrogen) atoms. The number of nitrogens with zero attached hydrogens (tertiary/aromatic N) is 3. The van der Waals surface area contributed by atoms with Crippen molar-refractivity contribution in [2.24, 2.45) is 0 Å². The van der Waals surface area contributed by atoms with Crippen LogP contribution in [0, 0.1) is 0 Å².